The highest BCUT2D eigenvalue weighted by atomic mass is 19.1. The number of halogens is 1. The van der Waals surface area contributed by atoms with E-state index in [1.165, 1.54) is 6.07 Å². The first-order chi connectivity index (χ1) is 15.9. The number of nitrogens with zero attached hydrogens (tertiary/aromatic N) is 2. The zero-order valence-electron chi connectivity index (χ0n) is 18.7. The highest BCUT2D eigenvalue weighted by Crippen LogP contribution is 2.45. The van der Waals surface area contributed by atoms with Crippen LogP contribution in [0.15, 0.2) is 16.9 Å². The van der Waals surface area contributed by atoms with E-state index in [-0.39, 0.29) is 48.2 Å². The lowest BCUT2D eigenvalue weighted by Crippen LogP contribution is -2.32. The molecule has 1 aliphatic carbocycles. The Kier molecular flexibility index (Phi) is 5.10. The van der Waals surface area contributed by atoms with E-state index in [0.29, 0.717) is 35.3 Å². The smallest absolute Gasteiger partial charge is 0.340 e. The second-order valence-electron chi connectivity index (χ2n) is 8.49. The highest BCUT2D eigenvalue weighted by molar-refractivity contribution is 5.93. The molecule has 2 atom stereocenters. The summed E-state index contributed by atoms with van der Waals surface area (Å²) in [5.41, 5.74) is 4.89. The zero-order chi connectivity index (χ0) is 23.6. The van der Waals surface area contributed by atoms with Crippen molar-refractivity contribution in [3.05, 3.63) is 61.7 Å². The molecule has 0 amide bonds. The van der Waals surface area contributed by atoms with Gasteiger partial charge in [0.25, 0.3) is 5.56 Å². The average Bonchev–Trinajstić information content (AvgIpc) is 3.20. The van der Waals surface area contributed by atoms with E-state index < -0.39 is 12.1 Å². The Morgan fingerprint density at radius 1 is 1.21 bits per heavy atom. The van der Waals surface area contributed by atoms with Crippen molar-refractivity contribution in [1.82, 2.24) is 9.55 Å². The fraction of sp³-hybridized carbons (Fsp3) is 0.400. The molecule has 0 bridgehead atoms. The predicted octanol–water partition coefficient (Wildman–Crippen LogP) is 3.01. The molecular formula is C25H25FN2O5. The molecule has 0 saturated heterocycles. The van der Waals surface area contributed by atoms with E-state index in [2.05, 4.69) is 0 Å². The topological polar surface area (TPSA) is 102 Å². The maximum atomic E-state index is 14.6. The minimum absolute atomic E-state index is 0.0514. The van der Waals surface area contributed by atoms with Crippen LogP contribution in [0.2, 0.25) is 0 Å². The number of aliphatic hydroxyl groups excluding tert-OH is 2. The number of pyridine rings is 2. The minimum Gasteiger partial charge on any atom is -0.458 e. The van der Waals surface area contributed by atoms with Crippen molar-refractivity contribution in [3.8, 4) is 11.4 Å². The maximum absolute atomic E-state index is 14.6. The molecule has 2 N–H and O–H groups in total. The highest BCUT2D eigenvalue weighted by Gasteiger charge is 2.37. The number of hydrogen-bond acceptors (Lipinski definition) is 6. The molecule has 0 saturated carbocycles. The lowest BCUT2D eigenvalue weighted by molar-refractivity contribution is -0.157. The molecular weight excluding hydrogens is 427 g/mol. The van der Waals surface area contributed by atoms with Gasteiger partial charge in [0.15, 0.2) is 6.10 Å². The SMILES string of the molecule is CC.Cc1c(F)cc2nc3c(c4c2c1CCC4CO)Cn1c-3cc2c(c1=O)COC(=O)C2O. The number of benzene rings is 1. The Labute approximate surface area is 189 Å². The fourth-order valence-electron chi connectivity index (χ4n) is 5.38. The summed E-state index contributed by atoms with van der Waals surface area (Å²) >= 11 is 0. The molecule has 172 valence electrons. The number of carbonyl (C=O) groups excluding carboxylic acids is 1. The summed E-state index contributed by atoms with van der Waals surface area (Å²) in [7, 11) is 0. The lowest BCUT2D eigenvalue weighted by Gasteiger charge is -2.28. The molecule has 1 aromatic carbocycles. The summed E-state index contributed by atoms with van der Waals surface area (Å²) in [4.78, 5) is 29.7. The van der Waals surface area contributed by atoms with Gasteiger partial charge in [-0.15, -0.1) is 0 Å². The summed E-state index contributed by atoms with van der Waals surface area (Å²) in [5.74, 6) is -1.26. The summed E-state index contributed by atoms with van der Waals surface area (Å²) in [6.45, 7) is 5.79. The van der Waals surface area contributed by atoms with Crippen LogP contribution in [0.1, 0.15) is 65.7 Å². The molecule has 0 fully saturated rings. The Morgan fingerprint density at radius 3 is 2.70 bits per heavy atom. The predicted molar refractivity (Wildman–Crippen MR) is 119 cm³/mol. The van der Waals surface area contributed by atoms with Crippen LogP contribution in [0, 0.1) is 12.7 Å². The number of esters is 1. The molecule has 2 unspecified atom stereocenters. The van der Waals surface area contributed by atoms with Gasteiger partial charge in [-0.1, -0.05) is 13.8 Å². The molecule has 2 aromatic heterocycles. The number of carbonyl (C=O) groups is 1. The van der Waals surface area contributed by atoms with Crippen LogP contribution in [0.25, 0.3) is 22.3 Å². The van der Waals surface area contributed by atoms with E-state index in [1.54, 1.807) is 17.6 Å². The molecule has 33 heavy (non-hydrogen) atoms. The van der Waals surface area contributed by atoms with E-state index in [0.717, 1.165) is 22.1 Å². The van der Waals surface area contributed by atoms with E-state index in [4.69, 9.17) is 9.72 Å². The van der Waals surface area contributed by atoms with Gasteiger partial charge < -0.3 is 19.5 Å². The number of aryl methyl sites for hydroxylation is 1. The zero-order valence-corrected chi connectivity index (χ0v) is 18.7. The number of ether oxygens (including phenoxy) is 1. The van der Waals surface area contributed by atoms with Crippen LogP contribution >= 0.6 is 0 Å². The van der Waals surface area contributed by atoms with Gasteiger partial charge in [-0.2, -0.15) is 0 Å². The molecule has 0 radical (unpaired) electrons. The largest absolute Gasteiger partial charge is 0.458 e. The number of cyclic esters (lactones) is 1. The van der Waals surface area contributed by atoms with Gasteiger partial charge in [0.05, 0.1) is 29.0 Å². The quantitative estimate of drug-likeness (QED) is 0.431. The summed E-state index contributed by atoms with van der Waals surface area (Å²) in [5, 5.41) is 21.2. The monoisotopic (exact) mass is 452 g/mol. The third-order valence-corrected chi connectivity index (χ3v) is 6.99. The third kappa shape index (κ3) is 2.90. The first kappa shape index (κ1) is 21.7. The first-order valence-electron chi connectivity index (χ1n) is 11.3. The Hall–Kier alpha value is -3.10. The third-order valence-electron chi connectivity index (χ3n) is 6.99. The number of aliphatic hydroxyl groups is 2. The van der Waals surface area contributed by atoms with Crippen molar-refractivity contribution >= 4 is 16.9 Å². The van der Waals surface area contributed by atoms with Gasteiger partial charge >= 0.3 is 5.97 Å². The molecule has 7 nitrogen and oxygen atoms in total. The van der Waals surface area contributed by atoms with Crippen LogP contribution in [0.4, 0.5) is 4.39 Å². The van der Waals surface area contributed by atoms with Crippen molar-refractivity contribution in [2.24, 2.45) is 0 Å². The molecule has 8 heteroatoms. The average molecular weight is 452 g/mol. The number of fused-ring (bicyclic) bond motifs is 5. The van der Waals surface area contributed by atoms with E-state index in [1.807, 2.05) is 13.8 Å². The molecule has 3 aromatic rings. The second kappa shape index (κ2) is 7.74. The normalized spacial score (nSPS) is 19.9. The van der Waals surface area contributed by atoms with Crippen LogP contribution in [-0.4, -0.2) is 32.3 Å². The van der Waals surface area contributed by atoms with Gasteiger partial charge in [0, 0.05) is 35.1 Å². The minimum atomic E-state index is -1.53. The van der Waals surface area contributed by atoms with Gasteiger partial charge in [0.2, 0.25) is 0 Å². The maximum Gasteiger partial charge on any atom is 0.340 e. The lowest BCUT2D eigenvalue weighted by atomic mass is 9.78. The number of hydrogen-bond donors (Lipinski definition) is 2. The van der Waals surface area contributed by atoms with Gasteiger partial charge in [-0.25, -0.2) is 14.2 Å². The number of rotatable bonds is 1. The number of aromatic nitrogens is 2. The molecule has 4 heterocycles. The van der Waals surface area contributed by atoms with Crippen molar-refractivity contribution in [1.29, 1.82) is 0 Å². The first-order valence-corrected chi connectivity index (χ1v) is 11.3. The molecule has 6 rings (SSSR count). The fourth-order valence-corrected chi connectivity index (χ4v) is 5.38. The van der Waals surface area contributed by atoms with Crippen molar-refractivity contribution in [2.45, 2.75) is 58.8 Å². The van der Waals surface area contributed by atoms with Crippen LogP contribution in [-0.2, 0) is 29.1 Å². The molecule has 0 spiro atoms. The molecule has 3 aliphatic rings. The summed E-state index contributed by atoms with van der Waals surface area (Å²) in [6, 6.07) is 3.02. The van der Waals surface area contributed by atoms with Crippen molar-refractivity contribution in [2.75, 3.05) is 6.61 Å². The Morgan fingerprint density at radius 2 is 1.97 bits per heavy atom. The van der Waals surface area contributed by atoms with Gasteiger partial charge in [-0.3, -0.25) is 4.79 Å². The van der Waals surface area contributed by atoms with Crippen molar-refractivity contribution < 1.29 is 24.1 Å². The summed E-state index contributed by atoms with van der Waals surface area (Å²) in [6.07, 6.45) is -0.185. The van der Waals surface area contributed by atoms with Crippen LogP contribution in [0.5, 0.6) is 0 Å². The summed E-state index contributed by atoms with van der Waals surface area (Å²) < 4.78 is 21.1. The molecule has 2 aliphatic heterocycles. The van der Waals surface area contributed by atoms with E-state index >= 15 is 0 Å². The van der Waals surface area contributed by atoms with Gasteiger partial charge in [-0.05, 0) is 42.5 Å². The van der Waals surface area contributed by atoms with E-state index in [9.17, 15) is 24.2 Å². The van der Waals surface area contributed by atoms with Crippen molar-refractivity contribution in [3.63, 3.8) is 0 Å². The standard InChI is InChI=1S/C23H19FN2O5.C2H6/c1-9-11-3-2-10(7-27)18-13-6-26-17(20(13)25-16(19(11)18)5-15(9)24)4-12-14(22(26)29)8-31-23(30)21(12)28;1-2/h4-5,10,21,27-28H,2-3,6-8H2,1H3;1-2H3. The van der Waals surface area contributed by atoms with Crippen LogP contribution in [0.3, 0.4) is 0 Å². The second-order valence-corrected chi connectivity index (χ2v) is 8.49. The Bertz CT molecular complexity index is 1390. The Balaban J connectivity index is 0.00000111. The van der Waals surface area contributed by atoms with Crippen LogP contribution < -0.4 is 5.56 Å². The van der Waals surface area contributed by atoms with Gasteiger partial charge in [0.1, 0.15) is 12.4 Å².